The van der Waals surface area contributed by atoms with Gasteiger partial charge >= 0.3 is 0 Å². The second-order valence-electron chi connectivity index (χ2n) is 6.47. The minimum atomic E-state index is -4.39. The zero-order chi connectivity index (χ0) is 21.4. The van der Waals surface area contributed by atoms with E-state index < -0.39 is 39.1 Å². The van der Waals surface area contributed by atoms with Crippen molar-refractivity contribution in [2.75, 3.05) is 5.32 Å². The quantitative estimate of drug-likeness (QED) is 0.454. The van der Waals surface area contributed by atoms with Crippen LogP contribution in [0.25, 0.3) is 0 Å². The molecular formula is C16H20ClF3N4O3S. The first-order valence-electron chi connectivity index (χ1n) is 8.06. The van der Waals surface area contributed by atoms with Gasteiger partial charge in [-0.3, -0.25) is 0 Å². The Balaban J connectivity index is 2.34. The van der Waals surface area contributed by atoms with Crippen molar-refractivity contribution in [1.82, 2.24) is 14.3 Å². The third-order valence-electron chi connectivity index (χ3n) is 4.00. The first kappa shape index (κ1) is 22.5. The van der Waals surface area contributed by atoms with E-state index in [2.05, 4.69) is 10.3 Å². The minimum Gasteiger partial charge on any atom is -0.368 e. The van der Waals surface area contributed by atoms with Crippen LogP contribution in [0.1, 0.15) is 31.5 Å². The Morgan fingerprint density at radius 2 is 1.96 bits per heavy atom. The van der Waals surface area contributed by atoms with Crippen molar-refractivity contribution in [2.45, 2.75) is 43.9 Å². The van der Waals surface area contributed by atoms with E-state index in [1.54, 1.807) is 6.92 Å². The molecule has 0 aliphatic rings. The largest absolute Gasteiger partial charge is 0.368 e. The van der Waals surface area contributed by atoms with Crippen LogP contribution in [0, 0.1) is 12.9 Å². The van der Waals surface area contributed by atoms with Gasteiger partial charge in [0.25, 0.3) is 5.92 Å². The number of hydrogen-bond acceptors (Lipinski definition) is 5. The number of alkyl halides is 2. The summed E-state index contributed by atoms with van der Waals surface area (Å²) in [6, 6.07) is 0.827. The lowest BCUT2D eigenvalue weighted by Gasteiger charge is -2.20. The van der Waals surface area contributed by atoms with Crippen LogP contribution < -0.4 is 10.0 Å². The Bertz CT molecular complexity index is 956. The van der Waals surface area contributed by atoms with Crippen molar-refractivity contribution in [3.05, 3.63) is 40.7 Å². The lowest BCUT2D eigenvalue weighted by atomic mass is 10.2. The average Bonchev–Trinajstić information content (AvgIpc) is 2.80. The molecule has 0 saturated heterocycles. The third-order valence-corrected chi connectivity index (χ3v) is 6.06. The van der Waals surface area contributed by atoms with Crippen LogP contribution in [0.4, 0.5) is 18.9 Å². The second-order valence-corrected chi connectivity index (χ2v) is 8.53. The summed E-state index contributed by atoms with van der Waals surface area (Å²) in [6.45, 7) is 3.16. The van der Waals surface area contributed by atoms with Gasteiger partial charge in [0.1, 0.15) is 4.90 Å². The average molecular weight is 441 g/mol. The van der Waals surface area contributed by atoms with E-state index in [9.17, 15) is 26.7 Å². The number of sulfonamides is 1. The van der Waals surface area contributed by atoms with Crippen LogP contribution in [-0.2, 0) is 17.1 Å². The summed E-state index contributed by atoms with van der Waals surface area (Å²) >= 11 is 6.12. The summed E-state index contributed by atoms with van der Waals surface area (Å²) in [7, 11) is -2.97. The third kappa shape index (κ3) is 4.96. The van der Waals surface area contributed by atoms with E-state index in [1.807, 2.05) is 4.72 Å². The molecule has 2 aromatic rings. The molecule has 0 spiro atoms. The number of aliphatic hydroxyl groups excluding tert-OH is 1. The van der Waals surface area contributed by atoms with Crippen LogP contribution in [0.5, 0.6) is 0 Å². The molecule has 12 heteroatoms. The molecule has 2 heterocycles. The summed E-state index contributed by atoms with van der Waals surface area (Å²) < 4.78 is 68.0. The van der Waals surface area contributed by atoms with Gasteiger partial charge < -0.3 is 15.0 Å². The molecule has 0 radical (unpaired) electrons. The first-order chi connectivity index (χ1) is 12.7. The SMILES string of the molecule is Cc1cc(NC(O)c2c(Cl)c(S(=O)(=O)NC(C)C(C)(F)F)cn2C)cc(F)n1. The Labute approximate surface area is 165 Å². The van der Waals surface area contributed by atoms with Crippen LogP contribution in [0.3, 0.4) is 0 Å². The molecule has 3 N–H and O–H groups in total. The molecule has 0 aromatic carbocycles. The van der Waals surface area contributed by atoms with Crippen LogP contribution in [0.15, 0.2) is 23.2 Å². The topological polar surface area (TPSA) is 96.3 Å². The van der Waals surface area contributed by atoms with Crippen molar-refractivity contribution in [3.8, 4) is 0 Å². The maximum atomic E-state index is 13.4. The van der Waals surface area contributed by atoms with Crippen LogP contribution in [-0.4, -0.2) is 35.0 Å². The van der Waals surface area contributed by atoms with Crippen molar-refractivity contribution in [1.29, 1.82) is 0 Å². The van der Waals surface area contributed by atoms with Crippen molar-refractivity contribution in [2.24, 2.45) is 7.05 Å². The fourth-order valence-electron chi connectivity index (χ4n) is 2.42. The summed E-state index contributed by atoms with van der Waals surface area (Å²) in [6.07, 6.45) is -0.420. The van der Waals surface area contributed by atoms with Gasteiger partial charge in [0.15, 0.2) is 6.23 Å². The highest BCUT2D eigenvalue weighted by molar-refractivity contribution is 7.89. The molecular weight excluding hydrogens is 421 g/mol. The Kier molecular flexibility index (Phi) is 6.34. The lowest BCUT2D eigenvalue weighted by molar-refractivity contribution is -0.00488. The molecule has 0 bridgehead atoms. The molecule has 7 nitrogen and oxygen atoms in total. The first-order valence-corrected chi connectivity index (χ1v) is 9.92. The number of nitrogens with one attached hydrogen (secondary N) is 2. The van der Waals surface area contributed by atoms with Gasteiger partial charge in [-0.15, -0.1) is 0 Å². The number of aryl methyl sites for hydroxylation is 2. The normalized spacial score (nSPS) is 14.8. The summed E-state index contributed by atoms with van der Waals surface area (Å²) in [5.74, 6) is -4.06. The number of aromatic nitrogens is 2. The van der Waals surface area contributed by atoms with Crippen molar-refractivity contribution >= 4 is 27.3 Å². The van der Waals surface area contributed by atoms with E-state index >= 15 is 0 Å². The molecule has 2 unspecified atom stereocenters. The Hall–Kier alpha value is -1.82. The molecule has 0 saturated carbocycles. The molecule has 2 aromatic heterocycles. The monoisotopic (exact) mass is 440 g/mol. The van der Waals surface area contributed by atoms with Crippen LogP contribution in [0.2, 0.25) is 5.02 Å². The van der Waals surface area contributed by atoms with Gasteiger partial charge in [-0.05, 0) is 19.9 Å². The molecule has 28 heavy (non-hydrogen) atoms. The van der Waals surface area contributed by atoms with Crippen molar-refractivity contribution in [3.63, 3.8) is 0 Å². The summed E-state index contributed by atoms with van der Waals surface area (Å²) in [5.41, 5.74) is 0.499. The van der Waals surface area contributed by atoms with E-state index in [1.165, 1.54) is 17.7 Å². The van der Waals surface area contributed by atoms with E-state index in [4.69, 9.17) is 11.6 Å². The second kappa shape index (κ2) is 7.90. The zero-order valence-electron chi connectivity index (χ0n) is 15.5. The number of hydrogen-bond donors (Lipinski definition) is 3. The maximum absolute atomic E-state index is 13.4. The highest BCUT2D eigenvalue weighted by Gasteiger charge is 2.36. The van der Waals surface area contributed by atoms with E-state index in [0.29, 0.717) is 12.6 Å². The zero-order valence-corrected chi connectivity index (χ0v) is 17.0. The maximum Gasteiger partial charge on any atom is 0.261 e. The number of aliphatic hydroxyl groups is 1. The lowest BCUT2D eigenvalue weighted by Crippen LogP contribution is -2.43. The predicted molar refractivity (Wildman–Crippen MR) is 98.3 cm³/mol. The molecule has 0 aliphatic heterocycles. The number of halogens is 4. The summed E-state index contributed by atoms with van der Waals surface area (Å²) in [5, 5.41) is 12.6. The Morgan fingerprint density at radius 3 is 2.50 bits per heavy atom. The summed E-state index contributed by atoms with van der Waals surface area (Å²) in [4.78, 5) is 3.09. The Morgan fingerprint density at radius 1 is 1.36 bits per heavy atom. The van der Waals surface area contributed by atoms with Gasteiger partial charge in [-0.25, -0.2) is 26.9 Å². The van der Waals surface area contributed by atoms with E-state index in [0.717, 1.165) is 19.2 Å². The van der Waals surface area contributed by atoms with E-state index in [-0.39, 0.29) is 16.4 Å². The highest BCUT2D eigenvalue weighted by Crippen LogP contribution is 2.32. The number of pyridine rings is 1. The fraction of sp³-hybridized carbons (Fsp3) is 0.438. The minimum absolute atomic E-state index is 0.0483. The highest BCUT2D eigenvalue weighted by atomic mass is 35.5. The van der Waals surface area contributed by atoms with Gasteiger partial charge in [0, 0.05) is 37.6 Å². The van der Waals surface area contributed by atoms with Gasteiger partial charge in [-0.1, -0.05) is 11.6 Å². The van der Waals surface area contributed by atoms with Crippen molar-refractivity contribution < 1.29 is 26.7 Å². The van der Waals surface area contributed by atoms with Crippen LogP contribution >= 0.6 is 11.6 Å². The molecule has 2 rings (SSSR count). The smallest absolute Gasteiger partial charge is 0.261 e. The molecule has 2 atom stereocenters. The van der Waals surface area contributed by atoms with Gasteiger partial charge in [0.2, 0.25) is 16.0 Å². The standard InChI is InChI=1S/C16H20ClF3N4O3S/c1-8-5-10(6-12(18)21-8)22-15(25)14-13(17)11(7-24(14)4)28(26,27)23-9(2)16(3,19)20/h5-7,9,15,23,25H,1-4H3,(H,21,22). The number of anilines is 1. The van der Waals surface area contributed by atoms with Gasteiger partial charge in [0.05, 0.1) is 16.8 Å². The number of nitrogens with zero attached hydrogens (tertiary/aromatic N) is 2. The van der Waals surface area contributed by atoms with Gasteiger partial charge in [-0.2, -0.15) is 4.39 Å². The fourth-order valence-corrected chi connectivity index (χ4v) is 4.45. The molecule has 0 amide bonds. The predicted octanol–water partition coefficient (Wildman–Crippen LogP) is 2.95. The molecule has 0 aliphatic carbocycles. The number of rotatable bonds is 7. The molecule has 0 fully saturated rings. The molecule has 156 valence electrons.